The van der Waals surface area contributed by atoms with Crippen LogP contribution < -0.4 is 0 Å². The van der Waals surface area contributed by atoms with Crippen molar-refractivity contribution in [1.29, 1.82) is 0 Å². The predicted octanol–water partition coefficient (Wildman–Crippen LogP) is 2.65. The molecule has 1 unspecified atom stereocenters. The van der Waals surface area contributed by atoms with E-state index in [4.69, 9.17) is 4.74 Å². The average molecular weight is 314 g/mol. The van der Waals surface area contributed by atoms with Gasteiger partial charge in [-0.1, -0.05) is 18.2 Å². The number of amides is 1. The van der Waals surface area contributed by atoms with E-state index in [1.54, 1.807) is 11.8 Å². The van der Waals surface area contributed by atoms with Crippen molar-refractivity contribution in [3.05, 3.63) is 36.0 Å². The maximum Gasteiger partial charge on any atom is 0.306 e. The standard InChI is InChI=1S/C18H22N2O3/c1-13(18(22)20-10-4-5-11-20)23-17(21)9-8-14-12-19-16-7-3-2-6-15(14)16/h2-3,6-7,12-13,19H,4-5,8-11H2,1H3. The quantitative estimate of drug-likeness (QED) is 0.863. The summed E-state index contributed by atoms with van der Waals surface area (Å²) in [5.41, 5.74) is 2.16. The van der Waals surface area contributed by atoms with Crippen molar-refractivity contribution in [2.45, 2.75) is 38.7 Å². The monoisotopic (exact) mass is 314 g/mol. The van der Waals surface area contributed by atoms with Gasteiger partial charge in [-0.05, 0) is 37.8 Å². The number of ether oxygens (including phenoxy) is 1. The van der Waals surface area contributed by atoms with Crippen molar-refractivity contribution in [2.24, 2.45) is 0 Å². The molecule has 0 radical (unpaired) electrons. The number of H-pyrrole nitrogens is 1. The molecule has 1 aliphatic rings. The highest BCUT2D eigenvalue weighted by Gasteiger charge is 2.25. The number of nitrogens with zero attached hydrogens (tertiary/aromatic N) is 1. The summed E-state index contributed by atoms with van der Waals surface area (Å²) in [5.74, 6) is -0.404. The number of esters is 1. The first-order valence-electron chi connectivity index (χ1n) is 8.18. The number of likely N-dealkylation sites (tertiary alicyclic amines) is 1. The Kier molecular flexibility index (Phi) is 4.65. The zero-order valence-electron chi connectivity index (χ0n) is 13.4. The SMILES string of the molecule is CC(OC(=O)CCc1c[nH]c2ccccc12)C(=O)N1CCCC1. The molecular formula is C18H22N2O3. The van der Waals surface area contributed by atoms with Crippen LogP contribution in [0.3, 0.4) is 0 Å². The van der Waals surface area contributed by atoms with Gasteiger partial charge in [0, 0.05) is 36.6 Å². The molecule has 1 fully saturated rings. The van der Waals surface area contributed by atoms with Crippen LogP contribution in [0.25, 0.3) is 10.9 Å². The van der Waals surface area contributed by atoms with E-state index >= 15 is 0 Å². The highest BCUT2D eigenvalue weighted by Crippen LogP contribution is 2.19. The van der Waals surface area contributed by atoms with Crippen molar-refractivity contribution in [3.8, 4) is 0 Å². The van der Waals surface area contributed by atoms with Gasteiger partial charge in [0.25, 0.3) is 5.91 Å². The Labute approximate surface area is 135 Å². The lowest BCUT2D eigenvalue weighted by atomic mass is 10.1. The number of aromatic amines is 1. The summed E-state index contributed by atoms with van der Waals surface area (Å²) >= 11 is 0. The molecule has 5 nitrogen and oxygen atoms in total. The molecule has 1 saturated heterocycles. The van der Waals surface area contributed by atoms with E-state index in [-0.39, 0.29) is 18.3 Å². The van der Waals surface area contributed by atoms with Gasteiger partial charge in [-0.15, -0.1) is 0 Å². The van der Waals surface area contributed by atoms with Gasteiger partial charge in [0.05, 0.1) is 0 Å². The van der Waals surface area contributed by atoms with Crippen LogP contribution in [-0.2, 0) is 20.7 Å². The molecule has 1 aliphatic heterocycles. The van der Waals surface area contributed by atoms with E-state index in [0.717, 1.165) is 42.4 Å². The normalized spacial score (nSPS) is 15.8. The lowest BCUT2D eigenvalue weighted by molar-refractivity contribution is -0.158. The molecule has 2 aromatic rings. The fraction of sp³-hybridized carbons (Fsp3) is 0.444. The van der Waals surface area contributed by atoms with Gasteiger partial charge in [-0.2, -0.15) is 0 Å². The molecule has 2 heterocycles. The molecule has 1 atom stereocenters. The molecule has 1 aromatic carbocycles. The van der Waals surface area contributed by atoms with Crippen molar-refractivity contribution >= 4 is 22.8 Å². The molecule has 0 saturated carbocycles. The summed E-state index contributed by atoms with van der Waals surface area (Å²) in [6.45, 7) is 3.20. The van der Waals surface area contributed by atoms with Gasteiger partial charge in [-0.3, -0.25) is 9.59 Å². The summed E-state index contributed by atoms with van der Waals surface area (Å²) in [6, 6.07) is 8.00. The molecule has 1 N–H and O–H groups in total. The fourth-order valence-electron chi connectivity index (χ4n) is 3.08. The van der Waals surface area contributed by atoms with Crippen LogP contribution in [0.4, 0.5) is 0 Å². The number of benzene rings is 1. The third kappa shape index (κ3) is 3.55. The second-order valence-electron chi connectivity index (χ2n) is 6.02. The first-order chi connectivity index (χ1) is 11.1. The second-order valence-corrected chi connectivity index (χ2v) is 6.02. The van der Waals surface area contributed by atoms with Crippen molar-refractivity contribution in [1.82, 2.24) is 9.88 Å². The van der Waals surface area contributed by atoms with Crippen LogP contribution in [0.15, 0.2) is 30.5 Å². The average Bonchev–Trinajstić information content (AvgIpc) is 3.22. The summed E-state index contributed by atoms with van der Waals surface area (Å²) in [4.78, 5) is 29.1. The van der Waals surface area contributed by atoms with Crippen LogP contribution in [0, 0.1) is 0 Å². The molecule has 122 valence electrons. The highest BCUT2D eigenvalue weighted by atomic mass is 16.5. The summed E-state index contributed by atoms with van der Waals surface area (Å²) in [5, 5.41) is 1.13. The number of aryl methyl sites for hydroxylation is 1. The van der Waals surface area contributed by atoms with Crippen molar-refractivity contribution in [2.75, 3.05) is 13.1 Å². The summed E-state index contributed by atoms with van der Waals surface area (Å²) in [7, 11) is 0. The molecule has 1 amide bonds. The van der Waals surface area contributed by atoms with Crippen molar-refractivity contribution < 1.29 is 14.3 Å². The number of rotatable bonds is 5. The Morgan fingerprint density at radius 2 is 2.00 bits per heavy atom. The Hall–Kier alpha value is -2.30. The first-order valence-corrected chi connectivity index (χ1v) is 8.18. The zero-order chi connectivity index (χ0) is 16.2. The second kappa shape index (κ2) is 6.86. The maximum absolute atomic E-state index is 12.1. The number of hydrogen-bond acceptors (Lipinski definition) is 3. The molecular weight excluding hydrogens is 292 g/mol. The fourth-order valence-corrected chi connectivity index (χ4v) is 3.08. The number of carbonyl (C=O) groups excluding carboxylic acids is 2. The van der Waals surface area contributed by atoms with E-state index in [2.05, 4.69) is 4.98 Å². The molecule has 0 aliphatic carbocycles. The smallest absolute Gasteiger partial charge is 0.306 e. The Bertz CT molecular complexity index is 701. The van der Waals surface area contributed by atoms with E-state index in [1.807, 2.05) is 30.5 Å². The van der Waals surface area contributed by atoms with E-state index in [1.165, 1.54) is 0 Å². The lowest BCUT2D eigenvalue weighted by Gasteiger charge is -2.20. The van der Waals surface area contributed by atoms with Gasteiger partial charge in [0.1, 0.15) is 0 Å². The van der Waals surface area contributed by atoms with Crippen LogP contribution in [-0.4, -0.2) is 41.0 Å². The van der Waals surface area contributed by atoms with Gasteiger partial charge in [0.15, 0.2) is 6.10 Å². The topological polar surface area (TPSA) is 62.4 Å². The minimum atomic E-state index is -0.691. The van der Waals surface area contributed by atoms with Crippen LogP contribution >= 0.6 is 0 Å². The third-order valence-electron chi connectivity index (χ3n) is 4.35. The molecule has 0 bridgehead atoms. The molecule has 3 rings (SSSR count). The van der Waals surface area contributed by atoms with Crippen LogP contribution in [0.2, 0.25) is 0 Å². The number of fused-ring (bicyclic) bond motifs is 1. The Morgan fingerprint density at radius 3 is 2.78 bits per heavy atom. The molecule has 0 spiro atoms. The largest absolute Gasteiger partial charge is 0.453 e. The van der Waals surface area contributed by atoms with Gasteiger partial charge < -0.3 is 14.6 Å². The number of aromatic nitrogens is 1. The van der Waals surface area contributed by atoms with E-state index in [9.17, 15) is 9.59 Å². The number of carbonyl (C=O) groups is 2. The maximum atomic E-state index is 12.1. The van der Waals surface area contributed by atoms with Crippen molar-refractivity contribution in [3.63, 3.8) is 0 Å². The zero-order valence-corrected chi connectivity index (χ0v) is 13.4. The molecule has 5 heteroatoms. The van der Waals surface area contributed by atoms with E-state index in [0.29, 0.717) is 6.42 Å². The third-order valence-corrected chi connectivity index (χ3v) is 4.35. The highest BCUT2D eigenvalue weighted by molar-refractivity contribution is 5.85. The summed E-state index contributed by atoms with van der Waals surface area (Å²) < 4.78 is 5.29. The first kappa shape index (κ1) is 15.6. The Morgan fingerprint density at radius 1 is 1.26 bits per heavy atom. The minimum Gasteiger partial charge on any atom is -0.453 e. The number of para-hydroxylation sites is 1. The van der Waals surface area contributed by atoms with E-state index < -0.39 is 6.10 Å². The van der Waals surface area contributed by atoms with Crippen LogP contribution in [0.1, 0.15) is 31.7 Å². The lowest BCUT2D eigenvalue weighted by Crippen LogP contribution is -2.38. The Balaban J connectivity index is 1.52. The predicted molar refractivity (Wildman–Crippen MR) is 88.0 cm³/mol. The molecule has 1 aromatic heterocycles. The number of hydrogen-bond donors (Lipinski definition) is 1. The van der Waals surface area contributed by atoms with Gasteiger partial charge in [-0.25, -0.2) is 0 Å². The molecule has 23 heavy (non-hydrogen) atoms. The summed E-state index contributed by atoms with van der Waals surface area (Å²) in [6.07, 6.45) is 4.19. The van der Waals surface area contributed by atoms with Crippen LogP contribution in [0.5, 0.6) is 0 Å². The van der Waals surface area contributed by atoms with Gasteiger partial charge in [0.2, 0.25) is 0 Å². The minimum absolute atomic E-state index is 0.0806. The number of nitrogens with one attached hydrogen (secondary N) is 1. The van der Waals surface area contributed by atoms with Gasteiger partial charge >= 0.3 is 5.97 Å².